The summed E-state index contributed by atoms with van der Waals surface area (Å²) >= 11 is 1.75. The molecule has 98 valence electrons. The first kappa shape index (κ1) is 13.3. The number of para-hydroxylation sites is 1. The van der Waals surface area contributed by atoms with Crippen LogP contribution < -0.4 is 10.5 Å². The summed E-state index contributed by atoms with van der Waals surface area (Å²) in [6.45, 7) is 4.79. The molecule has 0 spiro atoms. The highest BCUT2D eigenvalue weighted by Crippen LogP contribution is 2.30. The fraction of sp³-hybridized carbons (Fsp3) is 0.500. The van der Waals surface area contributed by atoms with Crippen LogP contribution in [0.3, 0.4) is 0 Å². The smallest absolute Gasteiger partial charge is 0.146 e. The Labute approximate surface area is 112 Å². The van der Waals surface area contributed by atoms with Gasteiger partial charge in [0.05, 0.1) is 9.71 Å². The SMILES string of the molecule is CCCc1nc2c(OCC(N)CC)cccc2s1. The predicted molar refractivity (Wildman–Crippen MR) is 77.4 cm³/mol. The molecule has 0 saturated carbocycles. The molecule has 0 aliphatic carbocycles. The van der Waals surface area contributed by atoms with Crippen molar-refractivity contribution >= 4 is 21.6 Å². The Balaban J connectivity index is 2.21. The van der Waals surface area contributed by atoms with E-state index in [1.165, 1.54) is 9.71 Å². The van der Waals surface area contributed by atoms with Crippen molar-refractivity contribution in [3.8, 4) is 5.75 Å². The first-order valence-corrected chi connectivity index (χ1v) is 7.33. The van der Waals surface area contributed by atoms with Crippen LogP contribution in [0.25, 0.3) is 10.2 Å². The highest BCUT2D eigenvalue weighted by molar-refractivity contribution is 7.18. The van der Waals surface area contributed by atoms with Gasteiger partial charge >= 0.3 is 0 Å². The molecule has 0 amide bonds. The molecule has 0 aliphatic heterocycles. The van der Waals surface area contributed by atoms with Crippen LogP contribution in [-0.2, 0) is 6.42 Å². The van der Waals surface area contributed by atoms with Crippen molar-refractivity contribution in [2.75, 3.05) is 6.61 Å². The van der Waals surface area contributed by atoms with E-state index in [2.05, 4.69) is 24.9 Å². The molecule has 0 bridgehead atoms. The maximum absolute atomic E-state index is 5.87. The van der Waals surface area contributed by atoms with Crippen molar-refractivity contribution in [3.05, 3.63) is 23.2 Å². The normalized spacial score (nSPS) is 12.8. The zero-order valence-corrected chi connectivity index (χ0v) is 11.8. The Morgan fingerprint density at radius 2 is 2.22 bits per heavy atom. The van der Waals surface area contributed by atoms with E-state index >= 15 is 0 Å². The van der Waals surface area contributed by atoms with Gasteiger partial charge in [-0.05, 0) is 31.4 Å². The van der Waals surface area contributed by atoms with Crippen molar-refractivity contribution in [1.29, 1.82) is 0 Å². The number of hydrogen-bond acceptors (Lipinski definition) is 4. The quantitative estimate of drug-likeness (QED) is 0.870. The molecular weight excluding hydrogens is 244 g/mol. The summed E-state index contributed by atoms with van der Waals surface area (Å²) in [4.78, 5) is 4.66. The standard InChI is InChI=1S/C14H20N2OS/c1-3-6-13-16-14-11(17-9-10(15)4-2)7-5-8-12(14)18-13/h5,7-8,10H,3-4,6,9,15H2,1-2H3. The lowest BCUT2D eigenvalue weighted by atomic mass is 10.2. The van der Waals surface area contributed by atoms with Crippen LogP contribution in [-0.4, -0.2) is 17.6 Å². The predicted octanol–water partition coefficient (Wildman–Crippen LogP) is 3.36. The van der Waals surface area contributed by atoms with E-state index in [0.29, 0.717) is 6.61 Å². The molecule has 0 aliphatic rings. The highest BCUT2D eigenvalue weighted by Gasteiger charge is 2.09. The van der Waals surface area contributed by atoms with Crippen LogP contribution in [0.4, 0.5) is 0 Å². The van der Waals surface area contributed by atoms with Crippen LogP contribution in [0.2, 0.25) is 0 Å². The summed E-state index contributed by atoms with van der Waals surface area (Å²) in [5, 5.41) is 1.18. The van der Waals surface area contributed by atoms with E-state index in [4.69, 9.17) is 10.5 Å². The lowest BCUT2D eigenvalue weighted by Crippen LogP contribution is -2.26. The number of benzene rings is 1. The molecule has 1 atom stereocenters. The second-order valence-electron chi connectivity index (χ2n) is 4.44. The summed E-state index contributed by atoms with van der Waals surface area (Å²) in [5.74, 6) is 0.856. The number of rotatable bonds is 6. The average molecular weight is 264 g/mol. The molecular formula is C14H20N2OS. The van der Waals surface area contributed by atoms with Crippen molar-refractivity contribution in [2.45, 2.75) is 39.2 Å². The minimum atomic E-state index is 0.0917. The summed E-state index contributed by atoms with van der Waals surface area (Å²) in [6, 6.07) is 6.18. The zero-order chi connectivity index (χ0) is 13.0. The molecule has 1 aromatic carbocycles. The first-order chi connectivity index (χ1) is 8.74. The van der Waals surface area contributed by atoms with Crippen LogP contribution in [0.15, 0.2) is 18.2 Å². The van der Waals surface area contributed by atoms with Crippen LogP contribution in [0.5, 0.6) is 5.75 Å². The Morgan fingerprint density at radius 1 is 1.39 bits per heavy atom. The Kier molecular flexibility index (Phi) is 4.55. The van der Waals surface area contributed by atoms with Crippen molar-refractivity contribution < 1.29 is 4.74 Å². The Morgan fingerprint density at radius 3 is 2.94 bits per heavy atom. The van der Waals surface area contributed by atoms with Gasteiger partial charge in [-0.2, -0.15) is 0 Å². The monoisotopic (exact) mass is 264 g/mol. The maximum atomic E-state index is 5.87. The first-order valence-electron chi connectivity index (χ1n) is 6.51. The van der Waals surface area contributed by atoms with E-state index < -0.39 is 0 Å². The third-order valence-electron chi connectivity index (χ3n) is 2.87. The highest BCUT2D eigenvalue weighted by atomic mass is 32.1. The molecule has 2 N–H and O–H groups in total. The fourth-order valence-corrected chi connectivity index (χ4v) is 2.81. The lowest BCUT2D eigenvalue weighted by molar-refractivity contribution is 0.288. The number of nitrogens with zero attached hydrogens (tertiary/aromatic N) is 1. The molecule has 1 unspecified atom stereocenters. The summed E-state index contributed by atoms with van der Waals surface area (Å²) in [7, 11) is 0. The van der Waals surface area contributed by atoms with Crippen LogP contribution >= 0.6 is 11.3 Å². The largest absolute Gasteiger partial charge is 0.490 e. The van der Waals surface area contributed by atoms with Crippen molar-refractivity contribution in [1.82, 2.24) is 4.98 Å². The molecule has 1 heterocycles. The van der Waals surface area contributed by atoms with Gasteiger partial charge in [0.2, 0.25) is 0 Å². The summed E-state index contributed by atoms with van der Waals surface area (Å²) < 4.78 is 6.98. The fourth-order valence-electron chi connectivity index (χ4n) is 1.72. The number of aryl methyl sites for hydroxylation is 1. The van der Waals surface area contributed by atoms with Crippen LogP contribution in [0, 0.1) is 0 Å². The molecule has 1 aromatic heterocycles. The molecule has 4 heteroatoms. The van der Waals surface area contributed by atoms with Gasteiger partial charge in [0, 0.05) is 6.04 Å². The number of hydrogen-bond donors (Lipinski definition) is 1. The molecule has 3 nitrogen and oxygen atoms in total. The summed E-state index contributed by atoms with van der Waals surface area (Å²) in [5.41, 5.74) is 6.86. The van der Waals surface area contributed by atoms with Gasteiger partial charge in [-0.25, -0.2) is 4.98 Å². The van der Waals surface area contributed by atoms with E-state index in [9.17, 15) is 0 Å². The van der Waals surface area contributed by atoms with Gasteiger partial charge in [-0.3, -0.25) is 0 Å². The number of ether oxygens (including phenoxy) is 1. The number of thiazole rings is 1. The lowest BCUT2D eigenvalue weighted by Gasteiger charge is -2.11. The van der Waals surface area contributed by atoms with E-state index in [-0.39, 0.29) is 6.04 Å². The van der Waals surface area contributed by atoms with Crippen LogP contribution in [0.1, 0.15) is 31.7 Å². The number of aromatic nitrogens is 1. The molecule has 0 radical (unpaired) electrons. The van der Waals surface area contributed by atoms with Crippen molar-refractivity contribution in [3.63, 3.8) is 0 Å². The third kappa shape index (κ3) is 3.00. The van der Waals surface area contributed by atoms with Gasteiger partial charge in [-0.1, -0.05) is 19.9 Å². The van der Waals surface area contributed by atoms with Gasteiger partial charge in [0.1, 0.15) is 17.9 Å². The Bertz CT molecular complexity index is 509. The van der Waals surface area contributed by atoms with Gasteiger partial charge in [0.25, 0.3) is 0 Å². The van der Waals surface area contributed by atoms with Gasteiger partial charge in [0.15, 0.2) is 0 Å². The molecule has 0 fully saturated rings. The van der Waals surface area contributed by atoms with Crippen molar-refractivity contribution in [2.24, 2.45) is 5.73 Å². The third-order valence-corrected chi connectivity index (χ3v) is 3.95. The molecule has 2 rings (SSSR count). The molecule has 2 aromatic rings. The van der Waals surface area contributed by atoms with E-state index in [1.54, 1.807) is 11.3 Å². The average Bonchev–Trinajstić information content (AvgIpc) is 2.79. The number of nitrogens with two attached hydrogens (primary N) is 1. The van der Waals surface area contributed by atoms with E-state index in [0.717, 1.165) is 30.5 Å². The van der Waals surface area contributed by atoms with Gasteiger partial charge < -0.3 is 10.5 Å². The van der Waals surface area contributed by atoms with E-state index in [1.807, 2.05) is 12.1 Å². The molecule has 18 heavy (non-hydrogen) atoms. The minimum absolute atomic E-state index is 0.0917. The summed E-state index contributed by atoms with van der Waals surface area (Å²) in [6.07, 6.45) is 3.08. The Hall–Kier alpha value is -1.13. The molecule has 0 saturated heterocycles. The topological polar surface area (TPSA) is 48.1 Å². The van der Waals surface area contributed by atoms with Gasteiger partial charge in [-0.15, -0.1) is 11.3 Å². The minimum Gasteiger partial charge on any atom is -0.490 e. The maximum Gasteiger partial charge on any atom is 0.146 e. The second-order valence-corrected chi connectivity index (χ2v) is 5.56. The zero-order valence-electron chi connectivity index (χ0n) is 11.0. The second kappa shape index (κ2) is 6.16. The number of fused-ring (bicyclic) bond motifs is 1.